The van der Waals surface area contributed by atoms with E-state index in [4.69, 9.17) is 21.1 Å². The van der Waals surface area contributed by atoms with Gasteiger partial charge in [0.15, 0.2) is 6.61 Å². The summed E-state index contributed by atoms with van der Waals surface area (Å²) >= 11 is 6.07. The van der Waals surface area contributed by atoms with E-state index < -0.39 is 22.6 Å². The number of nitrogens with zero attached hydrogens (tertiary/aromatic N) is 2. The second-order valence-corrected chi connectivity index (χ2v) is 9.02. The predicted molar refractivity (Wildman–Crippen MR) is 102 cm³/mol. The average Bonchev–Trinajstić information content (AvgIpc) is 2.73. The molecule has 0 N–H and O–H groups in total. The molecule has 2 saturated heterocycles. The molecule has 1 aromatic carbocycles. The van der Waals surface area contributed by atoms with Crippen molar-refractivity contribution in [3.8, 4) is 0 Å². The summed E-state index contributed by atoms with van der Waals surface area (Å²) in [6, 6.07) is 3.95. The van der Waals surface area contributed by atoms with Crippen molar-refractivity contribution in [2.75, 3.05) is 46.0 Å². The topological polar surface area (TPSA) is 93.2 Å². The summed E-state index contributed by atoms with van der Waals surface area (Å²) in [5.74, 6) is -1.16. The van der Waals surface area contributed by atoms with Crippen molar-refractivity contribution in [3.05, 3.63) is 28.8 Å². The number of sulfonamides is 1. The molecular formula is C18H23ClN2O6S. The fourth-order valence-corrected chi connectivity index (χ4v) is 4.92. The summed E-state index contributed by atoms with van der Waals surface area (Å²) in [6.07, 6.45) is 2.62. The van der Waals surface area contributed by atoms with Gasteiger partial charge in [-0.05, 0) is 31.0 Å². The van der Waals surface area contributed by atoms with E-state index in [0.717, 1.165) is 19.3 Å². The third-order valence-electron chi connectivity index (χ3n) is 4.80. The second-order valence-electron chi connectivity index (χ2n) is 6.68. The average molecular weight is 431 g/mol. The molecule has 0 bridgehead atoms. The first kappa shape index (κ1) is 21.0. The van der Waals surface area contributed by atoms with Gasteiger partial charge in [-0.2, -0.15) is 4.31 Å². The SMILES string of the molecule is O=C(OCC(=O)N1CCOCC1)c1cc(S(=O)(=O)N2CCCCC2)ccc1Cl. The molecule has 8 nitrogen and oxygen atoms in total. The van der Waals surface area contributed by atoms with E-state index >= 15 is 0 Å². The van der Waals surface area contributed by atoms with Crippen LogP contribution >= 0.6 is 11.6 Å². The maximum atomic E-state index is 12.8. The van der Waals surface area contributed by atoms with Gasteiger partial charge in [-0.25, -0.2) is 13.2 Å². The van der Waals surface area contributed by atoms with Crippen LogP contribution in [0.25, 0.3) is 0 Å². The molecule has 0 unspecified atom stereocenters. The number of rotatable bonds is 5. The lowest BCUT2D eigenvalue weighted by molar-refractivity contribution is -0.138. The fraction of sp³-hybridized carbons (Fsp3) is 0.556. The smallest absolute Gasteiger partial charge is 0.340 e. The van der Waals surface area contributed by atoms with Gasteiger partial charge in [0, 0.05) is 26.2 Å². The van der Waals surface area contributed by atoms with Crippen molar-refractivity contribution in [1.82, 2.24) is 9.21 Å². The van der Waals surface area contributed by atoms with E-state index in [9.17, 15) is 18.0 Å². The van der Waals surface area contributed by atoms with Crippen LogP contribution in [0.2, 0.25) is 5.02 Å². The van der Waals surface area contributed by atoms with Gasteiger partial charge < -0.3 is 14.4 Å². The Labute approximate surface area is 169 Å². The lowest BCUT2D eigenvalue weighted by atomic mass is 10.2. The van der Waals surface area contributed by atoms with Crippen LogP contribution in [0.5, 0.6) is 0 Å². The summed E-state index contributed by atoms with van der Waals surface area (Å²) in [4.78, 5) is 26.0. The molecule has 0 spiro atoms. The summed E-state index contributed by atoms with van der Waals surface area (Å²) in [5.41, 5.74) is -0.0745. The van der Waals surface area contributed by atoms with Crippen molar-refractivity contribution in [3.63, 3.8) is 0 Å². The van der Waals surface area contributed by atoms with Crippen LogP contribution in [0.3, 0.4) is 0 Å². The Bertz CT molecular complexity index is 832. The molecule has 28 heavy (non-hydrogen) atoms. The summed E-state index contributed by atoms with van der Waals surface area (Å²) in [5, 5.41) is 0.0708. The third kappa shape index (κ3) is 4.83. The highest BCUT2D eigenvalue weighted by molar-refractivity contribution is 7.89. The molecule has 2 aliphatic rings. The number of benzene rings is 1. The van der Waals surface area contributed by atoms with Crippen molar-refractivity contribution in [2.24, 2.45) is 0 Å². The van der Waals surface area contributed by atoms with E-state index in [1.807, 2.05) is 0 Å². The standard InChI is InChI=1S/C18H23ClN2O6S/c19-16-5-4-14(28(24,25)21-6-2-1-3-7-21)12-15(16)18(23)27-13-17(22)20-8-10-26-11-9-20/h4-5,12H,1-3,6-11,13H2. The minimum absolute atomic E-state index is 0.00902. The van der Waals surface area contributed by atoms with Gasteiger partial charge >= 0.3 is 5.97 Å². The number of piperidine rings is 1. The number of amides is 1. The Kier molecular flexibility index (Phi) is 6.92. The molecule has 0 aliphatic carbocycles. The van der Waals surface area contributed by atoms with Crippen LogP contribution in [-0.4, -0.2) is 75.5 Å². The highest BCUT2D eigenvalue weighted by atomic mass is 35.5. The molecule has 1 aromatic rings. The van der Waals surface area contributed by atoms with Crippen LogP contribution < -0.4 is 0 Å². The Balaban J connectivity index is 1.70. The molecular weight excluding hydrogens is 408 g/mol. The highest BCUT2D eigenvalue weighted by Crippen LogP contribution is 2.25. The molecule has 10 heteroatoms. The number of carbonyl (C=O) groups excluding carboxylic acids is 2. The van der Waals surface area contributed by atoms with E-state index in [1.165, 1.54) is 22.5 Å². The number of esters is 1. The van der Waals surface area contributed by atoms with Crippen molar-refractivity contribution >= 4 is 33.5 Å². The largest absolute Gasteiger partial charge is 0.452 e. The summed E-state index contributed by atoms with van der Waals surface area (Å²) in [7, 11) is -3.71. The normalized spacial score (nSPS) is 18.7. The molecule has 0 saturated carbocycles. The maximum Gasteiger partial charge on any atom is 0.340 e. The highest BCUT2D eigenvalue weighted by Gasteiger charge is 2.28. The Morgan fingerprint density at radius 2 is 1.75 bits per heavy atom. The Morgan fingerprint density at radius 3 is 2.43 bits per heavy atom. The summed E-state index contributed by atoms with van der Waals surface area (Å²) < 4.78 is 37.3. The van der Waals surface area contributed by atoms with Gasteiger partial charge in [-0.1, -0.05) is 18.0 Å². The van der Waals surface area contributed by atoms with Gasteiger partial charge in [0.25, 0.3) is 5.91 Å². The predicted octanol–water partition coefficient (Wildman–Crippen LogP) is 1.53. The van der Waals surface area contributed by atoms with Crippen LogP contribution in [0, 0.1) is 0 Å². The Morgan fingerprint density at radius 1 is 1.07 bits per heavy atom. The van der Waals surface area contributed by atoms with Gasteiger partial charge in [0.1, 0.15) is 0 Å². The zero-order valence-corrected chi connectivity index (χ0v) is 17.0. The monoisotopic (exact) mass is 430 g/mol. The van der Waals surface area contributed by atoms with Crippen molar-refractivity contribution < 1.29 is 27.5 Å². The molecule has 2 fully saturated rings. The molecule has 3 rings (SSSR count). The first-order chi connectivity index (χ1) is 13.4. The van der Waals surface area contributed by atoms with Crippen LogP contribution in [0.15, 0.2) is 23.1 Å². The lowest BCUT2D eigenvalue weighted by Crippen LogP contribution is -2.42. The molecule has 0 radical (unpaired) electrons. The molecule has 0 aromatic heterocycles. The molecule has 0 atom stereocenters. The second kappa shape index (κ2) is 9.21. The van der Waals surface area contributed by atoms with E-state index in [0.29, 0.717) is 39.4 Å². The maximum absolute atomic E-state index is 12.8. The molecule has 1 amide bonds. The Hall–Kier alpha value is -1.68. The fourth-order valence-electron chi connectivity index (χ4n) is 3.18. The van der Waals surface area contributed by atoms with E-state index in [1.54, 1.807) is 4.90 Å². The zero-order valence-electron chi connectivity index (χ0n) is 15.4. The lowest BCUT2D eigenvalue weighted by Gasteiger charge is -2.26. The molecule has 154 valence electrons. The van der Waals surface area contributed by atoms with Gasteiger partial charge in [-0.3, -0.25) is 4.79 Å². The third-order valence-corrected chi connectivity index (χ3v) is 7.03. The number of hydrogen-bond donors (Lipinski definition) is 0. The van der Waals surface area contributed by atoms with Gasteiger partial charge in [-0.15, -0.1) is 0 Å². The van der Waals surface area contributed by atoms with E-state index in [2.05, 4.69) is 0 Å². The number of carbonyl (C=O) groups is 2. The minimum atomic E-state index is -3.71. The number of halogens is 1. The van der Waals surface area contributed by atoms with Gasteiger partial charge in [0.2, 0.25) is 10.0 Å². The number of ether oxygens (including phenoxy) is 2. The first-order valence-electron chi connectivity index (χ1n) is 9.22. The van der Waals surface area contributed by atoms with Crippen molar-refractivity contribution in [1.29, 1.82) is 0 Å². The zero-order chi connectivity index (χ0) is 20.1. The van der Waals surface area contributed by atoms with Crippen LogP contribution in [0.1, 0.15) is 29.6 Å². The van der Waals surface area contributed by atoms with Gasteiger partial charge in [0.05, 0.1) is 28.7 Å². The van der Waals surface area contributed by atoms with Crippen LogP contribution in [-0.2, 0) is 24.3 Å². The minimum Gasteiger partial charge on any atom is -0.452 e. The molecule has 2 aliphatic heterocycles. The first-order valence-corrected chi connectivity index (χ1v) is 11.0. The van der Waals surface area contributed by atoms with Crippen LogP contribution in [0.4, 0.5) is 0 Å². The van der Waals surface area contributed by atoms with Crippen molar-refractivity contribution in [2.45, 2.75) is 24.2 Å². The molecule has 2 heterocycles. The number of morpholine rings is 1. The summed E-state index contributed by atoms with van der Waals surface area (Å²) in [6.45, 7) is 2.26. The quantitative estimate of drug-likeness (QED) is 0.657. The van der Waals surface area contributed by atoms with E-state index in [-0.39, 0.29) is 21.4 Å². The number of hydrogen-bond acceptors (Lipinski definition) is 6.